The van der Waals surface area contributed by atoms with Gasteiger partial charge in [0, 0.05) is 11.9 Å². The summed E-state index contributed by atoms with van der Waals surface area (Å²) in [5.74, 6) is -1.35. The fourth-order valence-electron chi connectivity index (χ4n) is 2.03. The molecule has 0 aliphatic heterocycles. The van der Waals surface area contributed by atoms with Crippen LogP contribution >= 0.6 is 0 Å². The lowest BCUT2D eigenvalue weighted by Gasteiger charge is -2.11. The Kier molecular flexibility index (Phi) is 4.02. The van der Waals surface area contributed by atoms with Crippen LogP contribution in [0.1, 0.15) is 24.7 Å². The van der Waals surface area contributed by atoms with Gasteiger partial charge in [-0.1, -0.05) is 13.0 Å². The number of carboxylic acids is 1. The summed E-state index contributed by atoms with van der Waals surface area (Å²) in [4.78, 5) is 27.0. The minimum Gasteiger partial charge on any atom is -0.480 e. The summed E-state index contributed by atoms with van der Waals surface area (Å²) in [6.45, 7) is 3.67. The van der Waals surface area contributed by atoms with Crippen molar-refractivity contribution >= 4 is 17.5 Å². The summed E-state index contributed by atoms with van der Waals surface area (Å²) in [6, 6.07) is 4.87. The molecule has 0 aliphatic rings. The molecule has 106 valence electrons. The average Bonchev–Trinajstić information content (AvgIpc) is 2.79. The van der Waals surface area contributed by atoms with Crippen LogP contribution in [0.4, 0.5) is 0 Å². The molecule has 20 heavy (non-hydrogen) atoms. The van der Waals surface area contributed by atoms with E-state index in [2.05, 4.69) is 10.3 Å². The van der Waals surface area contributed by atoms with E-state index >= 15 is 0 Å². The second-order valence-corrected chi connectivity index (χ2v) is 4.67. The van der Waals surface area contributed by atoms with E-state index in [1.165, 1.54) is 0 Å². The van der Waals surface area contributed by atoms with Gasteiger partial charge in [-0.2, -0.15) is 0 Å². The Hall–Kier alpha value is -2.37. The smallest absolute Gasteiger partial charge is 0.326 e. The standard InChI is InChI=1S/C14H17N3O3/c1-3-11(14(19)20)16-13(18)7-10-8-17-9(2)5-4-6-12(17)15-10/h4-6,8,11H,3,7H2,1-2H3,(H,16,18)(H,19,20). The molecule has 2 heterocycles. The number of nitrogens with zero attached hydrogens (tertiary/aromatic N) is 2. The molecule has 1 unspecified atom stereocenters. The molecule has 6 nitrogen and oxygen atoms in total. The first kappa shape index (κ1) is 14.0. The number of carboxylic acid groups (broad SMARTS) is 1. The van der Waals surface area contributed by atoms with Gasteiger partial charge in [-0.3, -0.25) is 4.79 Å². The van der Waals surface area contributed by atoms with Crippen molar-refractivity contribution in [2.24, 2.45) is 0 Å². The fraction of sp³-hybridized carbons (Fsp3) is 0.357. The van der Waals surface area contributed by atoms with E-state index in [0.29, 0.717) is 12.1 Å². The highest BCUT2D eigenvalue weighted by atomic mass is 16.4. The molecule has 0 aromatic carbocycles. The number of aromatic nitrogens is 2. The van der Waals surface area contributed by atoms with Gasteiger partial charge in [0.05, 0.1) is 12.1 Å². The Morgan fingerprint density at radius 1 is 1.45 bits per heavy atom. The average molecular weight is 275 g/mol. The van der Waals surface area contributed by atoms with Crippen LogP contribution in [0.2, 0.25) is 0 Å². The van der Waals surface area contributed by atoms with Crippen molar-refractivity contribution in [2.45, 2.75) is 32.7 Å². The molecular formula is C14H17N3O3. The Morgan fingerprint density at radius 3 is 2.80 bits per heavy atom. The SMILES string of the molecule is CCC(NC(=O)Cc1cn2c(C)cccc2n1)C(=O)O. The number of hydrogen-bond donors (Lipinski definition) is 2. The topological polar surface area (TPSA) is 83.7 Å². The normalized spacial score (nSPS) is 12.3. The molecule has 0 saturated heterocycles. The van der Waals surface area contributed by atoms with Crippen molar-refractivity contribution < 1.29 is 14.7 Å². The van der Waals surface area contributed by atoms with Crippen molar-refractivity contribution in [3.8, 4) is 0 Å². The minimum atomic E-state index is -1.02. The van der Waals surface area contributed by atoms with E-state index < -0.39 is 12.0 Å². The van der Waals surface area contributed by atoms with Crippen LogP contribution in [-0.2, 0) is 16.0 Å². The highest BCUT2D eigenvalue weighted by molar-refractivity contribution is 5.84. The molecule has 2 aromatic heterocycles. The van der Waals surface area contributed by atoms with Crippen LogP contribution in [0.25, 0.3) is 5.65 Å². The van der Waals surface area contributed by atoms with Crippen LogP contribution < -0.4 is 5.32 Å². The summed E-state index contributed by atoms with van der Waals surface area (Å²) < 4.78 is 1.90. The van der Waals surface area contributed by atoms with Gasteiger partial charge in [0.2, 0.25) is 5.91 Å². The Morgan fingerprint density at radius 2 is 2.20 bits per heavy atom. The van der Waals surface area contributed by atoms with E-state index in [0.717, 1.165) is 11.3 Å². The van der Waals surface area contributed by atoms with E-state index in [1.807, 2.05) is 29.5 Å². The van der Waals surface area contributed by atoms with E-state index in [-0.39, 0.29) is 12.3 Å². The maximum absolute atomic E-state index is 11.8. The van der Waals surface area contributed by atoms with E-state index in [4.69, 9.17) is 5.11 Å². The zero-order valence-electron chi connectivity index (χ0n) is 11.5. The van der Waals surface area contributed by atoms with Crippen LogP contribution in [0.15, 0.2) is 24.4 Å². The van der Waals surface area contributed by atoms with Gasteiger partial charge in [-0.25, -0.2) is 9.78 Å². The molecule has 1 amide bonds. The zero-order valence-corrected chi connectivity index (χ0v) is 11.5. The number of aliphatic carboxylic acids is 1. The molecule has 0 spiro atoms. The third-order valence-corrected chi connectivity index (χ3v) is 3.13. The predicted molar refractivity (Wildman–Crippen MR) is 73.5 cm³/mol. The number of amides is 1. The molecule has 0 radical (unpaired) electrons. The monoisotopic (exact) mass is 275 g/mol. The summed E-state index contributed by atoms with van der Waals surface area (Å²) in [7, 11) is 0. The summed E-state index contributed by atoms with van der Waals surface area (Å²) in [6.07, 6.45) is 2.22. The van der Waals surface area contributed by atoms with Crippen LogP contribution in [-0.4, -0.2) is 32.4 Å². The Labute approximate surface area is 116 Å². The lowest BCUT2D eigenvalue weighted by molar-refractivity contribution is -0.141. The lowest BCUT2D eigenvalue weighted by Crippen LogP contribution is -2.41. The number of pyridine rings is 1. The molecule has 0 fully saturated rings. The molecule has 2 rings (SSSR count). The molecule has 0 saturated carbocycles. The van der Waals surface area contributed by atoms with Crippen LogP contribution in [0.5, 0.6) is 0 Å². The number of carbonyl (C=O) groups excluding carboxylic acids is 1. The number of hydrogen-bond acceptors (Lipinski definition) is 3. The second kappa shape index (κ2) is 5.73. The highest BCUT2D eigenvalue weighted by Gasteiger charge is 2.18. The maximum atomic E-state index is 11.8. The van der Waals surface area contributed by atoms with Gasteiger partial charge in [0.25, 0.3) is 0 Å². The van der Waals surface area contributed by atoms with E-state index in [9.17, 15) is 9.59 Å². The van der Waals surface area contributed by atoms with Crippen molar-refractivity contribution in [3.05, 3.63) is 35.8 Å². The third-order valence-electron chi connectivity index (χ3n) is 3.13. The van der Waals surface area contributed by atoms with Crippen molar-refractivity contribution in [1.29, 1.82) is 0 Å². The highest BCUT2D eigenvalue weighted by Crippen LogP contribution is 2.09. The van der Waals surface area contributed by atoms with Gasteiger partial charge in [0.1, 0.15) is 11.7 Å². The first-order valence-electron chi connectivity index (χ1n) is 6.47. The Balaban J connectivity index is 2.10. The number of carbonyl (C=O) groups is 2. The van der Waals surface area contributed by atoms with Crippen molar-refractivity contribution in [2.75, 3.05) is 0 Å². The van der Waals surface area contributed by atoms with Crippen molar-refractivity contribution in [3.63, 3.8) is 0 Å². The first-order valence-corrected chi connectivity index (χ1v) is 6.47. The lowest BCUT2D eigenvalue weighted by atomic mass is 10.2. The second-order valence-electron chi connectivity index (χ2n) is 4.67. The number of imidazole rings is 1. The number of fused-ring (bicyclic) bond motifs is 1. The van der Waals surface area contributed by atoms with E-state index in [1.54, 1.807) is 13.1 Å². The van der Waals surface area contributed by atoms with Crippen LogP contribution in [0, 0.1) is 6.92 Å². The zero-order chi connectivity index (χ0) is 14.7. The van der Waals surface area contributed by atoms with Crippen molar-refractivity contribution in [1.82, 2.24) is 14.7 Å². The summed E-state index contributed by atoms with van der Waals surface area (Å²) in [5.41, 5.74) is 2.42. The number of rotatable bonds is 5. The molecule has 1 atom stereocenters. The van der Waals surface area contributed by atoms with Gasteiger partial charge >= 0.3 is 5.97 Å². The quantitative estimate of drug-likeness (QED) is 0.857. The summed E-state index contributed by atoms with van der Waals surface area (Å²) in [5, 5.41) is 11.4. The minimum absolute atomic E-state index is 0.0743. The number of aryl methyl sites for hydroxylation is 1. The molecule has 2 N–H and O–H groups in total. The molecule has 2 aromatic rings. The fourth-order valence-corrected chi connectivity index (χ4v) is 2.03. The summed E-state index contributed by atoms with van der Waals surface area (Å²) >= 11 is 0. The molecule has 6 heteroatoms. The Bertz CT molecular complexity index is 648. The largest absolute Gasteiger partial charge is 0.480 e. The van der Waals surface area contributed by atoms with Gasteiger partial charge < -0.3 is 14.8 Å². The molecular weight excluding hydrogens is 258 g/mol. The predicted octanol–water partition coefficient (Wildman–Crippen LogP) is 1.16. The van der Waals surface area contributed by atoms with Gasteiger partial charge in [-0.15, -0.1) is 0 Å². The first-order chi connectivity index (χ1) is 9.51. The number of nitrogens with one attached hydrogen (secondary N) is 1. The molecule has 0 aliphatic carbocycles. The maximum Gasteiger partial charge on any atom is 0.326 e. The van der Waals surface area contributed by atoms with Gasteiger partial charge in [0.15, 0.2) is 0 Å². The third kappa shape index (κ3) is 2.96. The van der Waals surface area contributed by atoms with Gasteiger partial charge in [-0.05, 0) is 25.5 Å². The molecule has 0 bridgehead atoms. The van der Waals surface area contributed by atoms with Crippen LogP contribution in [0.3, 0.4) is 0 Å².